The van der Waals surface area contributed by atoms with E-state index in [0.717, 1.165) is 12.3 Å². The second-order valence-electron chi connectivity index (χ2n) is 3.77. The summed E-state index contributed by atoms with van der Waals surface area (Å²) < 4.78 is 0. The van der Waals surface area contributed by atoms with Crippen LogP contribution < -0.4 is 0 Å². The highest BCUT2D eigenvalue weighted by molar-refractivity contribution is 4.87. The van der Waals surface area contributed by atoms with E-state index in [1.54, 1.807) is 0 Å². The highest BCUT2D eigenvalue weighted by Gasteiger charge is 2.19. The summed E-state index contributed by atoms with van der Waals surface area (Å²) in [4.78, 5) is 2.50. The number of allylic oxidation sites excluding steroid dienone is 1. The zero-order valence-corrected chi connectivity index (χ0v) is 8.58. The minimum Gasteiger partial charge on any atom is -0.396 e. The lowest BCUT2D eigenvalue weighted by Crippen LogP contribution is -2.19. The maximum atomic E-state index is 8.58. The van der Waals surface area contributed by atoms with Crippen molar-refractivity contribution in [2.24, 2.45) is 5.92 Å². The average Bonchev–Trinajstić information content (AvgIpc) is 2.60. The van der Waals surface area contributed by atoms with E-state index in [4.69, 9.17) is 5.11 Å². The summed E-state index contributed by atoms with van der Waals surface area (Å²) in [6.07, 6.45) is 7.66. The van der Waals surface area contributed by atoms with Gasteiger partial charge in [0.25, 0.3) is 0 Å². The molecule has 2 heteroatoms. The molecular weight excluding hydrogens is 162 g/mol. The molecule has 1 rings (SSSR count). The predicted molar refractivity (Wildman–Crippen MR) is 55.7 cm³/mol. The SMILES string of the molecule is CCN1CCC(C/C=C\CCO)C1. The van der Waals surface area contributed by atoms with Crippen LogP contribution in [0.2, 0.25) is 0 Å². The number of aliphatic hydroxyl groups excluding tert-OH is 1. The molecule has 0 aliphatic carbocycles. The van der Waals surface area contributed by atoms with E-state index in [-0.39, 0.29) is 6.61 Å². The number of hydrogen-bond acceptors (Lipinski definition) is 2. The lowest BCUT2D eigenvalue weighted by molar-refractivity contribution is 0.302. The molecule has 1 aliphatic rings. The normalized spacial score (nSPS) is 24.6. The molecule has 1 aliphatic heterocycles. The monoisotopic (exact) mass is 183 g/mol. The Morgan fingerprint density at radius 3 is 2.92 bits per heavy atom. The van der Waals surface area contributed by atoms with Crippen LogP contribution in [0.3, 0.4) is 0 Å². The molecule has 1 unspecified atom stereocenters. The van der Waals surface area contributed by atoms with Crippen molar-refractivity contribution in [1.29, 1.82) is 0 Å². The molecule has 0 bridgehead atoms. The van der Waals surface area contributed by atoms with E-state index in [0.29, 0.717) is 0 Å². The lowest BCUT2D eigenvalue weighted by Gasteiger charge is -2.11. The third-order valence-electron chi connectivity index (χ3n) is 2.75. The van der Waals surface area contributed by atoms with Crippen LogP contribution in [0.15, 0.2) is 12.2 Å². The van der Waals surface area contributed by atoms with Gasteiger partial charge in [0, 0.05) is 13.2 Å². The molecule has 76 valence electrons. The fraction of sp³-hybridized carbons (Fsp3) is 0.818. The number of aliphatic hydroxyl groups is 1. The third kappa shape index (κ3) is 3.92. The Kier molecular flexibility index (Phi) is 5.09. The first-order chi connectivity index (χ1) is 6.36. The topological polar surface area (TPSA) is 23.5 Å². The number of likely N-dealkylation sites (tertiary alicyclic amines) is 1. The third-order valence-corrected chi connectivity index (χ3v) is 2.75. The fourth-order valence-electron chi connectivity index (χ4n) is 1.87. The van der Waals surface area contributed by atoms with Crippen molar-refractivity contribution in [3.8, 4) is 0 Å². The number of rotatable bonds is 5. The van der Waals surface area contributed by atoms with Crippen LogP contribution in [0.1, 0.15) is 26.2 Å². The summed E-state index contributed by atoms with van der Waals surface area (Å²) in [5.74, 6) is 0.856. The summed E-state index contributed by atoms with van der Waals surface area (Å²) in [7, 11) is 0. The van der Waals surface area contributed by atoms with Crippen LogP contribution in [0, 0.1) is 5.92 Å². The second kappa shape index (κ2) is 6.17. The van der Waals surface area contributed by atoms with Crippen LogP contribution in [0.5, 0.6) is 0 Å². The van der Waals surface area contributed by atoms with Gasteiger partial charge in [-0.05, 0) is 38.3 Å². The van der Waals surface area contributed by atoms with E-state index in [1.165, 1.54) is 32.5 Å². The Bertz CT molecular complexity index is 156. The first kappa shape index (κ1) is 10.7. The molecule has 1 heterocycles. The van der Waals surface area contributed by atoms with E-state index in [2.05, 4.69) is 24.0 Å². The maximum absolute atomic E-state index is 8.58. The van der Waals surface area contributed by atoms with Gasteiger partial charge in [-0.15, -0.1) is 0 Å². The van der Waals surface area contributed by atoms with Crippen LogP contribution in [0.25, 0.3) is 0 Å². The van der Waals surface area contributed by atoms with Gasteiger partial charge >= 0.3 is 0 Å². The maximum Gasteiger partial charge on any atom is 0.0465 e. The van der Waals surface area contributed by atoms with Crippen molar-refractivity contribution in [3.05, 3.63) is 12.2 Å². The molecular formula is C11H21NO. The van der Waals surface area contributed by atoms with Crippen molar-refractivity contribution in [2.75, 3.05) is 26.2 Å². The zero-order valence-electron chi connectivity index (χ0n) is 8.58. The molecule has 0 aromatic heterocycles. The van der Waals surface area contributed by atoms with Crippen molar-refractivity contribution < 1.29 is 5.11 Å². The minimum absolute atomic E-state index is 0.280. The smallest absolute Gasteiger partial charge is 0.0465 e. The highest BCUT2D eigenvalue weighted by atomic mass is 16.2. The molecule has 0 aromatic carbocycles. The minimum atomic E-state index is 0.280. The molecule has 1 saturated heterocycles. The quantitative estimate of drug-likeness (QED) is 0.655. The van der Waals surface area contributed by atoms with E-state index in [9.17, 15) is 0 Å². The van der Waals surface area contributed by atoms with Gasteiger partial charge in [0.05, 0.1) is 0 Å². The molecule has 0 amide bonds. The Labute approximate surface area is 81.2 Å². The van der Waals surface area contributed by atoms with Gasteiger partial charge < -0.3 is 10.0 Å². The molecule has 1 fully saturated rings. The summed E-state index contributed by atoms with van der Waals surface area (Å²) in [5, 5.41) is 8.58. The Morgan fingerprint density at radius 1 is 1.46 bits per heavy atom. The molecule has 1 atom stereocenters. The molecule has 13 heavy (non-hydrogen) atoms. The second-order valence-corrected chi connectivity index (χ2v) is 3.77. The van der Waals surface area contributed by atoms with Crippen LogP contribution >= 0.6 is 0 Å². The van der Waals surface area contributed by atoms with Gasteiger partial charge in [-0.3, -0.25) is 0 Å². The van der Waals surface area contributed by atoms with Gasteiger partial charge in [0.1, 0.15) is 0 Å². The lowest BCUT2D eigenvalue weighted by atomic mass is 10.0. The van der Waals surface area contributed by atoms with Crippen LogP contribution in [0.4, 0.5) is 0 Å². The van der Waals surface area contributed by atoms with Crippen LogP contribution in [-0.2, 0) is 0 Å². The van der Waals surface area contributed by atoms with Crippen molar-refractivity contribution in [3.63, 3.8) is 0 Å². The summed E-state index contributed by atoms with van der Waals surface area (Å²) in [6.45, 7) is 6.23. The van der Waals surface area contributed by atoms with Crippen molar-refractivity contribution in [1.82, 2.24) is 4.90 Å². The summed E-state index contributed by atoms with van der Waals surface area (Å²) in [5.41, 5.74) is 0. The molecule has 0 radical (unpaired) electrons. The predicted octanol–water partition coefficient (Wildman–Crippen LogP) is 1.66. The molecule has 2 nitrogen and oxygen atoms in total. The Balaban J connectivity index is 2.10. The largest absolute Gasteiger partial charge is 0.396 e. The van der Waals surface area contributed by atoms with Gasteiger partial charge in [-0.25, -0.2) is 0 Å². The van der Waals surface area contributed by atoms with Crippen molar-refractivity contribution >= 4 is 0 Å². The average molecular weight is 183 g/mol. The highest BCUT2D eigenvalue weighted by Crippen LogP contribution is 2.19. The Hall–Kier alpha value is -0.340. The zero-order chi connectivity index (χ0) is 9.52. The van der Waals surface area contributed by atoms with E-state index in [1.807, 2.05) is 0 Å². The van der Waals surface area contributed by atoms with E-state index < -0.39 is 0 Å². The summed E-state index contributed by atoms with van der Waals surface area (Å²) >= 11 is 0. The van der Waals surface area contributed by atoms with Crippen LogP contribution in [-0.4, -0.2) is 36.2 Å². The van der Waals surface area contributed by atoms with Gasteiger partial charge in [0.15, 0.2) is 0 Å². The molecule has 0 spiro atoms. The first-order valence-corrected chi connectivity index (χ1v) is 5.35. The first-order valence-electron chi connectivity index (χ1n) is 5.35. The molecule has 1 N–H and O–H groups in total. The van der Waals surface area contributed by atoms with Gasteiger partial charge in [0.2, 0.25) is 0 Å². The fourth-order valence-corrected chi connectivity index (χ4v) is 1.87. The summed E-state index contributed by atoms with van der Waals surface area (Å²) in [6, 6.07) is 0. The number of hydrogen-bond donors (Lipinski definition) is 1. The van der Waals surface area contributed by atoms with E-state index >= 15 is 0 Å². The number of nitrogens with zero attached hydrogens (tertiary/aromatic N) is 1. The Morgan fingerprint density at radius 2 is 2.31 bits per heavy atom. The van der Waals surface area contributed by atoms with Crippen molar-refractivity contribution in [2.45, 2.75) is 26.2 Å². The molecule has 0 saturated carbocycles. The standard InChI is InChI=1S/C11H21NO/c1-2-12-8-7-11(10-12)6-4-3-5-9-13/h3-4,11,13H,2,5-10H2,1H3/b4-3-. The van der Waals surface area contributed by atoms with Gasteiger partial charge in [-0.1, -0.05) is 19.1 Å². The van der Waals surface area contributed by atoms with Gasteiger partial charge in [-0.2, -0.15) is 0 Å². The molecule has 0 aromatic rings.